The molecule has 43 heavy (non-hydrogen) atoms. The number of carbonyl (C=O) groups excluding carboxylic acids is 3. The van der Waals surface area contributed by atoms with Crippen LogP contribution < -0.4 is 10.6 Å². The number of rotatable bonds is 10. The van der Waals surface area contributed by atoms with Crippen molar-refractivity contribution in [2.45, 2.75) is 65.6 Å². The Morgan fingerprint density at radius 3 is 2.56 bits per heavy atom. The molecule has 0 bridgehead atoms. The lowest BCUT2D eigenvalue weighted by Gasteiger charge is -2.19. The van der Waals surface area contributed by atoms with Crippen molar-refractivity contribution in [1.29, 1.82) is 0 Å². The molecular formula is C33H37N5O5. The van der Waals surface area contributed by atoms with Crippen LogP contribution in [0.3, 0.4) is 0 Å². The topological polar surface area (TPSA) is 124 Å². The van der Waals surface area contributed by atoms with E-state index in [1.165, 1.54) is 12.8 Å². The van der Waals surface area contributed by atoms with E-state index in [9.17, 15) is 14.4 Å². The van der Waals surface area contributed by atoms with Crippen molar-refractivity contribution in [3.8, 4) is 11.3 Å². The zero-order valence-electron chi connectivity index (χ0n) is 25.0. The number of ether oxygens (including phenoxy) is 2. The zero-order valence-corrected chi connectivity index (χ0v) is 25.0. The third-order valence-electron chi connectivity index (χ3n) is 6.92. The van der Waals surface area contributed by atoms with Crippen molar-refractivity contribution in [3.63, 3.8) is 0 Å². The van der Waals surface area contributed by atoms with Gasteiger partial charge in [-0.1, -0.05) is 36.4 Å². The van der Waals surface area contributed by atoms with Crippen LogP contribution in [-0.2, 0) is 33.8 Å². The van der Waals surface area contributed by atoms with E-state index < -0.39 is 17.6 Å². The highest BCUT2D eigenvalue weighted by atomic mass is 16.6. The number of hydrogen-bond acceptors (Lipinski definition) is 7. The third-order valence-corrected chi connectivity index (χ3v) is 6.92. The fraction of sp³-hybridized carbons (Fsp3) is 0.364. The van der Waals surface area contributed by atoms with E-state index in [4.69, 9.17) is 19.4 Å². The summed E-state index contributed by atoms with van der Waals surface area (Å²) in [6.45, 7) is 8.57. The van der Waals surface area contributed by atoms with Crippen LogP contribution in [-0.4, -0.2) is 44.7 Å². The Bertz CT molecular complexity index is 1650. The Hall–Kier alpha value is -4.73. The normalized spacial score (nSPS) is 13.0. The molecule has 2 heterocycles. The van der Waals surface area contributed by atoms with Gasteiger partial charge in [-0.3, -0.25) is 9.59 Å². The minimum Gasteiger partial charge on any atom is -0.466 e. The Morgan fingerprint density at radius 1 is 1.02 bits per heavy atom. The highest BCUT2D eigenvalue weighted by molar-refractivity contribution is 6.04. The van der Waals surface area contributed by atoms with Gasteiger partial charge in [0.1, 0.15) is 11.2 Å². The Balaban J connectivity index is 1.46. The van der Waals surface area contributed by atoms with Gasteiger partial charge in [0.25, 0.3) is 5.91 Å². The number of para-hydroxylation sites is 1. The molecule has 0 unspecified atom stereocenters. The maximum absolute atomic E-state index is 13.6. The average Bonchev–Trinajstić information content (AvgIpc) is 3.69. The molecule has 0 spiro atoms. The first-order chi connectivity index (χ1) is 20.6. The predicted octanol–water partition coefficient (Wildman–Crippen LogP) is 5.89. The fourth-order valence-electron chi connectivity index (χ4n) is 4.77. The number of benzene rings is 2. The quantitative estimate of drug-likeness (QED) is 0.223. The molecule has 5 rings (SSSR count). The first-order valence-electron chi connectivity index (χ1n) is 14.6. The van der Waals surface area contributed by atoms with Crippen LogP contribution in [0.5, 0.6) is 0 Å². The van der Waals surface area contributed by atoms with E-state index in [-0.39, 0.29) is 31.4 Å². The number of alkyl carbamates (subject to hydrolysis) is 1. The lowest BCUT2D eigenvalue weighted by Crippen LogP contribution is -2.32. The van der Waals surface area contributed by atoms with Gasteiger partial charge in [0.2, 0.25) is 5.82 Å². The number of fused-ring (bicyclic) bond motifs is 1. The fourth-order valence-corrected chi connectivity index (χ4v) is 4.77. The number of esters is 1. The van der Waals surface area contributed by atoms with Gasteiger partial charge in [-0.15, -0.1) is 0 Å². The van der Waals surface area contributed by atoms with Crippen LogP contribution in [0.15, 0.2) is 60.8 Å². The van der Waals surface area contributed by atoms with Gasteiger partial charge in [0.15, 0.2) is 0 Å². The minimum absolute atomic E-state index is 0.0152. The average molecular weight is 584 g/mol. The number of amides is 2. The van der Waals surface area contributed by atoms with Crippen molar-refractivity contribution in [3.05, 3.63) is 77.7 Å². The molecule has 2 aromatic heterocycles. The van der Waals surface area contributed by atoms with Crippen molar-refractivity contribution in [1.82, 2.24) is 19.9 Å². The van der Waals surface area contributed by atoms with Crippen LogP contribution in [0.1, 0.15) is 62.3 Å². The van der Waals surface area contributed by atoms with E-state index in [1.54, 1.807) is 31.2 Å². The van der Waals surface area contributed by atoms with Crippen molar-refractivity contribution in [2.24, 2.45) is 5.92 Å². The van der Waals surface area contributed by atoms with Crippen molar-refractivity contribution < 1.29 is 23.9 Å². The van der Waals surface area contributed by atoms with Gasteiger partial charge in [-0.05, 0) is 75.8 Å². The van der Waals surface area contributed by atoms with Crippen LogP contribution in [0.25, 0.3) is 22.3 Å². The molecule has 2 amide bonds. The number of carbonyl (C=O) groups is 3. The number of anilines is 1. The largest absolute Gasteiger partial charge is 0.466 e. The SMILES string of the molecule is CCOC(=O)Cc1ccccc1NC(=O)c1nc(-c2cccc(CNC(=O)OC(C)(C)C)c2)c2ccn(CC3CC3)c2n1. The zero-order chi connectivity index (χ0) is 30.6. The number of nitrogens with one attached hydrogen (secondary N) is 2. The number of aromatic nitrogens is 3. The smallest absolute Gasteiger partial charge is 0.407 e. The second kappa shape index (κ2) is 12.6. The molecule has 1 saturated carbocycles. The summed E-state index contributed by atoms with van der Waals surface area (Å²) >= 11 is 0. The molecule has 1 fully saturated rings. The van der Waals surface area contributed by atoms with E-state index in [2.05, 4.69) is 15.2 Å². The molecule has 0 atom stereocenters. The van der Waals surface area contributed by atoms with Crippen LogP contribution in [0, 0.1) is 5.92 Å². The number of nitrogens with zero attached hydrogens (tertiary/aromatic N) is 3. The number of hydrogen-bond donors (Lipinski definition) is 2. The first kappa shape index (κ1) is 29.8. The second-order valence-electron chi connectivity index (χ2n) is 11.7. The Labute approximate surface area is 250 Å². The van der Waals surface area contributed by atoms with E-state index in [0.717, 1.165) is 23.1 Å². The second-order valence-corrected chi connectivity index (χ2v) is 11.7. The molecule has 10 heteroatoms. The summed E-state index contributed by atoms with van der Waals surface area (Å²) in [6.07, 6.45) is 3.88. The Morgan fingerprint density at radius 2 is 1.81 bits per heavy atom. The van der Waals surface area contributed by atoms with E-state index >= 15 is 0 Å². The van der Waals surface area contributed by atoms with Gasteiger partial charge in [-0.25, -0.2) is 14.8 Å². The summed E-state index contributed by atoms with van der Waals surface area (Å²) in [5.41, 5.74) is 3.47. The lowest BCUT2D eigenvalue weighted by molar-refractivity contribution is -0.142. The molecule has 2 aromatic carbocycles. The van der Waals surface area contributed by atoms with Crippen LogP contribution in [0.4, 0.5) is 10.5 Å². The molecule has 224 valence electrons. The maximum Gasteiger partial charge on any atom is 0.407 e. The van der Waals surface area contributed by atoms with Gasteiger partial charge in [0, 0.05) is 35.9 Å². The van der Waals surface area contributed by atoms with E-state index in [1.807, 2.05) is 57.3 Å². The maximum atomic E-state index is 13.6. The molecule has 2 N–H and O–H groups in total. The molecule has 4 aromatic rings. The molecular weight excluding hydrogens is 546 g/mol. The van der Waals surface area contributed by atoms with Crippen molar-refractivity contribution in [2.75, 3.05) is 11.9 Å². The highest BCUT2D eigenvalue weighted by Gasteiger charge is 2.25. The van der Waals surface area contributed by atoms with Gasteiger partial charge in [-0.2, -0.15) is 0 Å². The highest BCUT2D eigenvalue weighted by Crippen LogP contribution is 2.34. The molecule has 10 nitrogen and oxygen atoms in total. The standard InChI is InChI=1S/C33H37N5O5/c1-5-42-27(39)18-23-10-6-7-12-26(23)35-31(40)29-36-28(25-15-16-38(30(25)37-29)20-21-13-14-21)24-11-8-9-22(17-24)19-34-32(41)43-33(2,3)4/h6-12,15-17,21H,5,13-14,18-20H2,1-4H3,(H,34,41)(H,35,40). The van der Waals surface area contributed by atoms with Gasteiger partial charge < -0.3 is 24.7 Å². The predicted molar refractivity (Wildman–Crippen MR) is 163 cm³/mol. The summed E-state index contributed by atoms with van der Waals surface area (Å²) in [6, 6.07) is 16.8. The van der Waals surface area contributed by atoms with Gasteiger partial charge in [0.05, 0.1) is 18.7 Å². The molecule has 0 saturated heterocycles. The summed E-state index contributed by atoms with van der Waals surface area (Å²) in [5.74, 6) is -0.241. The summed E-state index contributed by atoms with van der Waals surface area (Å²) < 4.78 is 12.5. The lowest BCUT2D eigenvalue weighted by atomic mass is 10.1. The monoisotopic (exact) mass is 583 g/mol. The summed E-state index contributed by atoms with van der Waals surface area (Å²) in [4.78, 5) is 47.4. The molecule has 1 aliphatic carbocycles. The molecule has 1 aliphatic rings. The Kier molecular flexibility index (Phi) is 8.75. The van der Waals surface area contributed by atoms with E-state index in [0.29, 0.717) is 28.5 Å². The molecule has 0 radical (unpaired) electrons. The summed E-state index contributed by atoms with van der Waals surface area (Å²) in [7, 11) is 0. The molecule has 0 aliphatic heterocycles. The van der Waals surface area contributed by atoms with Crippen LogP contribution in [0.2, 0.25) is 0 Å². The summed E-state index contributed by atoms with van der Waals surface area (Å²) in [5, 5.41) is 6.53. The third kappa shape index (κ3) is 7.77. The minimum atomic E-state index is -0.595. The first-order valence-corrected chi connectivity index (χ1v) is 14.6. The van der Waals surface area contributed by atoms with Crippen LogP contribution >= 0.6 is 0 Å². The van der Waals surface area contributed by atoms with Crippen molar-refractivity contribution >= 4 is 34.7 Å². The van der Waals surface area contributed by atoms with Gasteiger partial charge >= 0.3 is 12.1 Å².